The number of benzene rings is 1. The van der Waals surface area contributed by atoms with E-state index in [1.54, 1.807) is 17.4 Å². The maximum Gasteiger partial charge on any atom is 0.124 e. The zero-order valence-corrected chi connectivity index (χ0v) is 12.9. The summed E-state index contributed by atoms with van der Waals surface area (Å²) >= 11 is 11.3. The van der Waals surface area contributed by atoms with Crippen LogP contribution in [0, 0.1) is 5.82 Å². The SMILES string of the molecule is CNC(Cc1ccc(F)cc1Cl)c1sccc1Br. The van der Waals surface area contributed by atoms with Gasteiger partial charge in [0.15, 0.2) is 0 Å². The molecule has 2 rings (SSSR count). The largest absolute Gasteiger partial charge is 0.312 e. The van der Waals surface area contributed by atoms with Gasteiger partial charge in [0.2, 0.25) is 0 Å². The van der Waals surface area contributed by atoms with Crippen LogP contribution in [0.15, 0.2) is 34.1 Å². The van der Waals surface area contributed by atoms with Gasteiger partial charge in [0.25, 0.3) is 0 Å². The van der Waals surface area contributed by atoms with E-state index in [0.717, 1.165) is 16.5 Å². The fourth-order valence-corrected chi connectivity index (χ4v) is 3.79. The van der Waals surface area contributed by atoms with E-state index in [2.05, 4.69) is 21.2 Å². The van der Waals surface area contributed by atoms with Crippen molar-refractivity contribution in [3.63, 3.8) is 0 Å². The Bertz CT molecular complexity index is 544. The lowest BCUT2D eigenvalue weighted by Gasteiger charge is -2.16. The first-order chi connectivity index (χ1) is 8.61. The van der Waals surface area contributed by atoms with Crippen LogP contribution in [0.4, 0.5) is 4.39 Å². The van der Waals surface area contributed by atoms with Crippen molar-refractivity contribution in [2.75, 3.05) is 7.05 Å². The van der Waals surface area contributed by atoms with E-state index >= 15 is 0 Å². The molecule has 0 aliphatic heterocycles. The topological polar surface area (TPSA) is 12.0 Å². The standard InChI is InChI=1S/C13H12BrClFNS/c1-17-12(13-10(14)4-5-18-13)6-8-2-3-9(16)7-11(8)15/h2-5,7,12,17H,6H2,1H3. The van der Waals surface area contributed by atoms with Gasteiger partial charge in [-0.05, 0) is 58.5 Å². The van der Waals surface area contributed by atoms with Gasteiger partial charge in [-0.15, -0.1) is 11.3 Å². The van der Waals surface area contributed by atoms with Crippen molar-refractivity contribution in [1.29, 1.82) is 0 Å². The predicted molar refractivity (Wildman–Crippen MR) is 78.9 cm³/mol. The number of thiophene rings is 1. The molecule has 0 bridgehead atoms. The summed E-state index contributed by atoms with van der Waals surface area (Å²) < 4.78 is 14.1. The quantitative estimate of drug-likeness (QED) is 0.836. The maximum atomic E-state index is 13.0. The van der Waals surface area contributed by atoms with Crippen molar-refractivity contribution in [2.24, 2.45) is 0 Å². The van der Waals surface area contributed by atoms with Crippen LogP contribution < -0.4 is 5.32 Å². The van der Waals surface area contributed by atoms with Gasteiger partial charge < -0.3 is 5.32 Å². The first-order valence-corrected chi connectivity index (χ1v) is 7.51. The van der Waals surface area contributed by atoms with Crippen molar-refractivity contribution >= 4 is 38.9 Å². The van der Waals surface area contributed by atoms with E-state index in [1.165, 1.54) is 17.0 Å². The molecular formula is C13H12BrClFNS. The molecule has 0 radical (unpaired) electrons. The van der Waals surface area contributed by atoms with Crippen LogP contribution in [0.5, 0.6) is 0 Å². The Labute approximate surface area is 123 Å². The summed E-state index contributed by atoms with van der Waals surface area (Å²) in [5.41, 5.74) is 0.942. The third kappa shape index (κ3) is 3.12. The molecule has 0 aliphatic rings. The number of nitrogens with one attached hydrogen (secondary N) is 1. The molecule has 1 N–H and O–H groups in total. The number of rotatable bonds is 4. The second kappa shape index (κ2) is 6.15. The van der Waals surface area contributed by atoms with E-state index in [1.807, 2.05) is 18.5 Å². The molecule has 1 aromatic heterocycles. The minimum Gasteiger partial charge on any atom is -0.312 e. The first-order valence-electron chi connectivity index (χ1n) is 5.46. The molecule has 0 amide bonds. The van der Waals surface area contributed by atoms with E-state index < -0.39 is 0 Å². The Balaban J connectivity index is 2.23. The number of likely N-dealkylation sites (N-methyl/N-ethyl adjacent to an activating group) is 1. The number of hydrogen-bond acceptors (Lipinski definition) is 2. The molecule has 2 aromatic rings. The molecular weight excluding hydrogens is 337 g/mol. The lowest BCUT2D eigenvalue weighted by molar-refractivity contribution is 0.596. The minimum atomic E-state index is -0.304. The minimum absolute atomic E-state index is 0.169. The second-order valence-electron chi connectivity index (χ2n) is 3.91. The molecule has 0 saturated heterocycles. The number of hydrogen-bond donors (Lipinski definition) is 1. The molecule has 1 nitrogen and oxygen atoms in total. The third-order valence-electron chi connectivity index (χ3n) is 2.75. The highest BCUT2D eigenvalue weighted by molar-refractivity contribution is 9.10. The Morgan fingerprint density at radius 1 is 1.44 bits per heavy atom. The van der Waals surface area contributed by atoms with Gasteiger partial charge in [-0.1, -0.05) is 17.7 Å². The van der Waals surface area contributed by atoms with E-state index in [-0.39, 0.29) is 11.9 Å². The molecule has 0 aliphatic carbocycles. The summed E-state index contributed by atoms with van der Waals surface area (Å²) in [4.78, 5) is 1.22. The maximum absolute atomic E-state index is 13.0. The van der Waals surface area contributed by atoms with Gasteiger partial charge in [0.1, 0.15) is 5.82 Å². The predicted octanol–water partition coefficient (Wildman–Crippen LogP) is 4.81. The zero-order valence-electron chi connectivity index (χ0n) is 9.71. The Morgan fingerprint density at radius 2 is 2.22 bits per heavy atom. The average molecular weight is 349 g/mol. The smallest absolute Gasteiger partial charge is 0.124 e. The molecule has 5 heteroatoms. The van der Waals surface area contributed by atoms with Crippen molar-refractivity contribution in [3.8, 4) is 0 Å². The van der Waals surface area contributed by atoms with Crippen molar-refractivity contribution < 1.29 is 4.39 Å². The molecule has 1 aromatic carbocycles. The van der Waals surface area contributed by atoms with Gasteiger partial charge in [-0.3, -0.25) is 0 Å². The molecule has 0 fully saturated rings. The number of halogens is 3. The van der Waals surface area contributed by atoms with Crippen LogP contribution in [0.25, 0.3) is 0 Å². The lowest BCUT2D eigenvalue weighted by Crippen LogP contribution is -2.18. The molecule has 1 atom stereocenters. The van der Waals surface area contributed by atoms with Crippen LogP contribution >= 0.6 is 38.9 Å². The summed E-state index contributed by atoms with van der Waals surface area (Å²) in [5.74, 6) is -0.304. The zero-order chi connectivity index (χ0) is 13.1. The summed E-state index contributed by atoms with van der Waals surface area (Å²) in [6.45, 7) is 0. The van der Waals surface area contributed by atoms with Gasteiger partial charge in [-0.2, -0.15) is 0 Å². The molecule has 1 heterocycles. The fourth-order valence-electron chi connectivity index (χ4n) is 1.79. The van der Waals surface area contributed by atoms with Crippen molar-refractivity contribution in [2.45, 2.75) is 12.5 Å². The van der Waals surface area contributed by atoms with Crippen LogP contribution in [0.1, 0.15) is 16.5 Å². The summed E-state index contributed by atoms with van der Waals surface area (Å²) in [5, 5.41) is 5.78. The Kier molecular flexibility index (Phi) is 4.78. The molecule has 0 saturated carbocycles. The van der Waals surface area contributed by atoms with E-state index in [9.17, 15) is 4.39 Å². The monoisotopic (exact) mass is 347 g/mol. The highest BCUT2D eigenvalue weighted by Gasteiger charge is 2.16. The Morgan fingerprint density at radius 3 is 2.78 bits per heavy atom. The first kappa shape index (κ1) is 14.0. The molecule has 1 unspecified atom stereocenters. The Hall–Kier alpha value is -0.420. The van der Waals surface area contributed by atoms with Gasteiger partial charge in [-0.25, -0.2) is 4.39 Å². The normalized spacial score (nSPS) is 12.7. The fraction of sp³-hybridized carbons (Fsp3) is 0.231. The van der Waals surface area contributed by atoms with Gasteiger partial charge in [0.05, 0.1) is 0 Å². The molecule has 96 valence electrons. The van der Waals surface area contributed by atoms with Crippen molar-refractivity contribution in [1.82, 2.24) is 5.32 Å². The van der Waals surface area contributed by atoms with E-state index in [0.29, 0.717) is 5.02 Å². The molecule has 18 heavy (non-hydrogen) atoms. The van der Waals surface area contributed by atoms with Crippen molar-refractivity contribution in [3.05, 3.63) is 55.4 Å². The van der Waals surface area contributed by atoms with Crippen LogP contribution in [-0.4, -0.2) is 7.05 Å². The van der Waals surface area contributed by atoms with Gasteiger partial charge >= 0.3 is 0 Å². The lowest BCUT2D eigenvalue weighted by atomic mass is 10.0. The highest BCUT2D eigenvalue weighted by Crippen LogP contribution is 2.32. The average Bonchev–Trinajstić information content (AvgIpc) is 2.75. The van der Waals surface area contributed by atoms with Crippen LogP contribution in [0.2, 0.25) is 5.02 Å². The van der Waals surface area contributed by atoms with E-state index in [4.69, 9.17) is 11.6 Å². The summed E-state index contributed by atoms with van der Waals surface area (Å²) in [6, 6.07) is 6.73. The summed E-state index contributed by atoms with van der Waals surface area (Å²) in [7, 11) is 1.91. The van der Waals surface area contributed by atoms with Crippen LogP contribution in [0.3, 0.4) is 0 Å². The highest BCUT2D eigenvalue weighted by atomic mass is 79.9. The van der Waals surface area contributed by atoms with Crippen LogP contribution in [-0.2, 0) is 6.42 Å². The van der Waals surface area contributed by atoms with Gasteiger partial charge in [0, 0.05) is 20.4 Å². The third-order valence-corrected chi connectivity index (χ3v) is 5.09. The molecule has 0 spiro atoms. The summed E-state index contributed by atoms with van der Waals surface area (Å²) in [6.07, 6.45) is 0.731. The second-order valence-corrected chi connectivity index (χ2v) is 6.12.